The molecule has 1 rings (SSSR count). The van der Waals surface area contributed by atoms with Gasteiger partial charge >= 0.3 is 0 Å². The molecule has 0 radical (unpaired) electrons. The smallest absolute Gasteiger partial charge is 0.0294 e. The summed E-state index contributed by atoms with van der Waals surface area (Å²) in [4.78, 5) is 0. The van der Waals surface area contributed by atoms with Crippen LogP contribution in [-0.4, -0.2) is 18.1 Å². The predicted octanol–water partition coefficient (Wildman–Crippen LogP) is 3.79. The average Bonchev–Trinajstić information content (AvgIpc) is 2.29. The number of hydrogen-bond donors (Lipinski definition) is 1. The molecule has 2 heteroatoms. The maximum atomic E-state index is 3.59. The van der Waals surface area contributed by atoms with Gasteiger partial charge in [0.25, 0.3) is 0 Å². The molecule has 1 N–H and O–H groups in total. The lowest BCUT2D eigenvalue weighted by molar-refractivity contribution is 0.556. The number of thioether (sulfide) groups is 1. The van der Waals surface area contributed by atoms with E-state index >= 15 is 0 Å². The molecular formula is C14H23NS. The topological polar surface area (TPSA) is 12.0 Å². The van der Waals surface area contributed by atoms with Gasteiger partial charge in [0.05, 0.1) is 0 Å². The second-order valence-corrected chi connectivity index (χ2v) is 5.64. The first kappa shape index (κ1) is 13.6. The Bertz CT molecular complexity index is 311. The van der Waals surface area contributed by atoms with Crippen LogP contribution in [0.15, 0.2) is 24.3 Å². The lowest BCUT2D eigenvalue weighted by Gasteiger charge is -2.17. The van der Waals surface area contributed by atoms with Gasteiger partial charge in [0.1, 0.15) is 0 Å². The zero-order valence-electron chi connectivity index (χ0n) is 10.8. The minimum absolute atomic E-state index is 0.454. The second kappa shape index (κ2) is 6.97. The summed E-state index contributed by atoms with van der Waals surface area (Å²) in [5.41, 5.74) is 2.79. The number of rotatable bonds is 6. The van der Waals surface area contributed by atoms with Crippen LogP contribution in [0.25, 0.3) is 0 Å². The van der Waals surface area contributed by atoms with Gasteiger partial charge in [-0.25, -0.2) is 0 Å². The molecule has 0 amide bonds. The lowest BCUT2D eigenvalue weighted by Crippen LogP contribution is -2.22. The third kappa shape index (κ3) is 4.18. The summed E-state index contributed by atoms with van der Waals surface area (Å²) in [7, 11) is 0. The number of aryl methyl sites for hydroxylation is 1. The Balaban J connectivity index is 2.41. The molecule has 0 saturated carbocycles. The molecule has 1 aromatic rings. The van der Waals surface area contributed by atoms with Crippen molar-refractivity contribution in [1.29, 1.82) is 0 Å². The Hall–Kier alpha value is -0.470. The van der Waals surface area contributed by atoms with Gasteiger partial charge in [0, 0.05) is 11.3 Å². The molecular weight excluding hydrogens is 214 g/mol. The SMILES string of the molecule is CSC(C)CCNC(C)c1ccccc1C. The summed E-state index contributed by atoms with van der Waals surface area (Å²) >= 11 is 1.94. The first-order valence-electron chi connectivity index (χ1n) is 5.97. The van der Waals surface area contributed by atoms with Crippen molar-refractivity contribution in [2.75, 3.05) is 12.8 Å². The number of nitrogens with one attached hydrogen (secondary N) is 1. The second-order valence-electron chi connectivity index (χ2n) is 4.37. The van der Waals surface area contributed by atoms with E-state index in [9.17, 15) is 0 Å². The molecule has 0 aliphatic heterocycles. The monoisotopic (exact) mass is 237 g/mol. The quantitative estimate of drug-likeness (QED) is 0.808. The van der Waals surface area contributed by atoms with Gasteiger partial charge < -0.3 is 5.32 Å². The van der Waals surface area contributed by atoms with Gasteiger partial charge in [0.2, 0.25) is 0 Å². The maximum Gasteiger partial charge on any atom is 0.0294 e. The molecule has 2 atom stereocenters. The van der Waals surface area contributed by atoms with Crippen LogP contribution in [0, 0.1) is 6.92 Å². The van der Waals surface area contributed by atoms with E-state index in [-0.39, 0.29) is 0 Å². The number of benzene rings is 1. The minimum atomic E-state index is 0.454. The fraction of sp³-hybridized carbons (Fsp3) is 0.571. The van der Waals surface area contributed by atoms with Crippen LogP contribution in [0.4, 0.5) is 0 Å². The van der Waals surface area contributed by atoms with E-state index in [1.165, 1.54) is 17.5 Å². The molecule has 0 aliphatic rings. The molecule has 1 aromatic carbocycles. The fourth-order valence-corrected chi connectivity index (χ4v) is 2.16. The highest BCUT2D eigenvalue weighted by atomic mass is 32.2. The number of hydrogen-bond acceptors (Lipinski definition) is 2. The Kier molecular flexibility index (Phi) is 5.93. The first-order valence-corrected chi connectivity index (χ1v) is 7.25. The van der Waals surface area contributed by atoms with E-state index in [1.807, 2.05) is 11.8 Å². The molecule has 0 heterocycles. The van der Waals surface area contributed by atoms with Crippen LogP contribution in [0.1, 0.15) is 37.4 Å². The van der Waals surface area contributed by atoms with Gasteiger partial charge in [-0.15, -0.1) is 0 Å². The maximum absolute atomic E-state index is 3.59. The van der Waals surface area contributed by atoms with Crippen LogP contribution < -0.4 is 5.32 Å². The minimum Gasteiger partial charge on any atom is -0.310 e. The first-order chi connectivity index (χ1) is 7.65. The van der Waals surface area contributed by atoms with E-state index in [0.29, 0.717) is 6.04 Å². The summed E-state index contributed by atoms with van der Waals surface area (Å²) < 4.78 is 0. The zero-order valence-corrected chi connectivity index (χ0v) is 11.6. The molecule has 1 nitrogen and oxygen atoms in total. The van der Waals surface area contributed by atoms with Crippen molar-refractivity contribution >= 4 is 11.8 Å². The van der Waals surface area contributed by atoms with Crippen LogP contribution in [0.5, 0.6) is 0 Å². The molecule has 2 unspecified atom stereocenters. The van der Waals surface area contributed by atoms with Gasteiger partial charge in [-0.1, -0.05) is 31.2 Å². The van der Waals surface area contributed by atoms with Gasteiger partial charge in [-0.3, -0.25) is 0 Å². The van der Waals surface area contributed by atoms with Gasteiger partial charge in [-0.2, -0.15) is 11.8 Å². The Morgan fingerprint density at radius 2 is 1.94 bits per heavy atom. The Morgan fingerprint density at radius 3 is 2.56 bits per heavy atom. The Labute approximate surface area is 104 Å². The average molecular weight is 237 g/mol. The summed E-state index contributed by atoms with van der Waals surface area (Å²) in [6.07, 6.45) is 3.41. The van der Waals surface area contributed by atoms with Crippen molar-refractivity contribution in [2.45, 2.75) is 38.5 Å². The van der Waals surface area contributed by atoms with Crippen molar-refractivity contribution in [3.63, 3.8) is 0 Å². The van der Waals surface area contributed by atoms with E-state index in [4.69, 9.17) is 0 Å². The van der Waals surface area contributed by atoms with Crippen molar-refractivity contribution < 1.29 is 0 Å². The zero-order chi connectivity index (χ0) is 12.0. The van der Waals surface area contributed by atoms with Crippen LogP contribution >= 0.6 is 11.8 Å². The van der Waals surface area contributed by atoms with Crippen LogP contribution in [-0.2, 0) is 0 Å². The normalized spacial score (nSPS) is 14.8. The Morgan fingerprint density at radius 1 is 1.25 bits per heavy atom. The third-order valence-corrected chi connectivity index (χ3v) is 4.10. The third-order valence-electron chi connectivity index (χ3n) is 3.06. The molecule has 0 aliphatic carbocycles. The van der Waals surface area contributed by atoms with E-state index in [1.54, 1.807) is 0 Å². The van der Waals surface area contributed by atoms with Gasteiger partial charge in [-0.05, 0) is 44.2 Å². The van der Waals surface area contributed by atoms with E-state index < -0.39 is 0 Å². The van der Waals surface area contributed by atoms with E-state index in [2.05, 4.69) is 56.6 Å². The molecule has 0 fully saturated rings. The van der Waals surface area contributed by atoms with Crippen LogP contribution in [0.3, 0.4) is 0 Å². The van der Waals surface area contributed by atoms with Crippen molar-refractivity contribution in [3.05, 3.63) is 35.4 Å². The molecule has 90 valence electrons. The van der Waals surface area contributed by atoms with E-state index in [0.717, 1.165) is 11.8 Å². The van der Waals surface area contributed by atoms with Crippen LogP contribution in [0.2, 0.25) is 0 Å². The molecule has 0 saturated heterocycles. The summed E-state index contributed by atoms with van der Waals surface area (Å²) in [5.74, 6) is 0. The van der Waals surface area contributed by atoms with Crippen molar-refractivity contribution in [1.82, 2.24) is 5.32 Å². The molecule has 0 aromatic heterocycles. The fourth-order valence-electron chi connectivity index (χ4n) is 1.80. The summed E-state index contributed by atoms with van der Waals surface area (Å²) in [5, 5.41) is 4.34. The summed E-state index contributed by atoms with van der Waals surface area (Å²) in [6, 6.07) is 9.06. The highest BCUT2D eigenvalue weighted by Gasteiger charge is 2.07. The predicted molar refractivity (Wildman–Crippen MR) is 75.2 cm³/mol. The molecule has 0 spiro atoms. The largest absolute Gasteiger partial charge is 0.310 e. The molecule has 0 bridgehead atoms. The lowest BCUT2D eigenvalue weighted by atomic mass is 10.0. The highest BCUT2D eigenvalue weighted by Crippen LogP contribution is 2.17. The van der Waals surface area contributed by atoms with Crippen molar-refractivity contribution in [3.8, 4) is 0 Å². The standard InChI is InChI=1S/C14H23NS/c1-11-7-5-6-8-14(11)13(3)15-10-9-12(2)16-4/h5-8,12-13,15H,9-10H2,1-4H3. The summed E-state index contributed by atoms with van der Waals surface area (Å²) in [6.45, 7) is 7.80. The van der Waals surface area contributed by atoms with Gasteiger partial charge in [0.15, 0.2) is 0 Å². The highest BCUT2D eigenvalue weighted by molar-refractivity contribution is 7.99. The van der Waals surface area contributed by atoms with Crippen molar-refractivity contribution in [2.24, 2.45) is 0 Å². The molecule has 16 heavy (non-hydrogen) atoms.